The molecule has 0 spiro atoms. The van der Waals surface area contributed by atoms with Crippen LogP contribution in [-0.2, 0) is 16.0 Å². The van der Waals surface area contributed by atoms with Crippen molar-refractivity contribution in [3.63, 3.8) is 0 Å². The molecule has 0 aliphatic rings. The number of aliphatic carboxylic acids is 1. The molecule has 22 heavy (non-hydrogen) atoms. The normalized spacial score (nSPS) is 11.7. The summed E-state index contributed by atoms with van der Waals surface area (Å²) in [7, 11) is 0. The minimum Gasteiger partial charge on any atom is -0.481 e. The fraction of sp³-hybridized carbons (Fsp3) is 0.176. The Kier molecular flexibility index (Phi) is 5.25. The molecule has 1 atom stereocenters. The molecule has 0 saturated carbocycles. The maximum atomic E-state index is 13.3. The first kappa shape index (κ1) is 15.7. The summed E-state index contributed by atoms with van der Waals surface area (Å²) in [5.41, 5.74) is 1.26. The number of rotatable bonds is 6. The van der Waals surface area contributed by atoms with Crippen LogP contribution in [0.1, 0.15) is 23.6 Å². The number of carboxylic acid groups (broad SMARTS) is 1. The van der Waals surface area contributed by atoms with Crippen molar-refractivity contribution >= 4 is 11.9 Å². The largest absolute Gasteiger partial charge is 0.481 e. The molecule has 0 unspecified atom stereocenters. The monoisotopic (exact) mass is 301 g/mol. The molecular formula is C17H16FNO3. The second-order valence-electron chi connectivity index (χ2n) is 4.94. The van der Waals surface area contributed by atoms with Crippen LogP contribution in [0.15, 0.2) is 54.6 Å². The standard InChI is InChI=1S/C17H16FNO3/c18-14-8-4-7-13(10-14)15(11-17(21)22)19-16(20)9-12-5-2-1-3-6-12/h1-8,10,15H,9,11H2,(H,19,20)(H,21,22)/t15-/m1/s1. The number of carboxylic acids is 1. The van der Waals surface area contributed by atoms with Crippen LogP contribution in [0.5, 0.6) is 0 Å². The van der Waals surface area contributed by atoms with E-state index in [1.165, 1.54) is 18.2 Å². The van der Waals surface area contributed by atoms with E-state index in [1.807, 2.05) is 30.3 Å². The maximum Gasteiger partial charge on any atom is 0.305 e. The molecule has 2 aromatic rings. The first-order valence-corrected chi connectivity index (χ1v) is 6.85. The summed E-state index contributed by atoms with van der Waals surface area (Å²) >= 11 is 0. The predicted octanol–water partition coefficient (Wildman–Crippen LogP) is 2.70. The van der Waals surface area contributed by atoms with Crippen LogP contribution in [0.3, 0.4) is 0 Å². The summed E-state index contributed by atoms with van der Waals surface area (Å²) < 4.78 is 13.3. The van der Waals surface area contributed by atoms with Crippen molar-refractivity contribution in [3.05, 3.63) is 71.5 Å². The van der Waals surface area contributed by atoms with Gasteiger partial charge in [-0.2, -0.15) is 0 Å². The summed E-state index contributed by atoms with van der Waals surface area (Å²) in [5.74, 6) is -1.83. The molecule has 4 nitrogen and oxygen atoms in total. The Balaban J connectivity index is 2.09. The van der Waals surface area contributed by atoms with Gasteiger partial charge in [-0.3, -0.25) is 9.59 Å². The lowest BCUT2D eigenvalue weighted by Crippen LogP contribution is -2.31. The number of nitrogens with one attached hydrogen (secondary N) is 1. The summed E-state index contributed by atoms with van der Waals surface area (Å²) in [6.45, 7) is 0. The summed E-state index contributed by atoms with van der Waals surface area (Å²) in [4.78, 5) is 23.0. The number of hydrogen-bond acceptors (Lipinski definition) is 2. The number of carbonyl (C=O) groups is 2. The Morgan fingerprint density at radius 3 is 2.45 bits per heavy atom. The molecule has 0 aliphatic heterocycles. The Hall–Kier alpha value is -2.69. The number of benzene rings is 2. The molecular weight excluding hydrogens is 285 g/mol. The molecule has 0 fully saturated rings. The van der Waals surface area contributed by atoms with E-state index >= 15 is 0 Å². The second kappa shape index (κ2) is 7.36. The van der Waals surface area contributed by atoms with E-state index in [1.54, 1.807) is 6.07 Å². The fourth-order valence-corrected chi connectivity index (χ4v) is 2.18. The molecule has 2 rings (SSSR count). The minimum absolute atomic E-state index is 0.145. The van der Waals surface area contributed by atoms with Gasteiger partial charge in [-0.15, -0.1) is 0 Å². The molecule has 2 aromatic carbocycles. The van der Waals surface area contributed by atoms with E-state index < -0.39 is 17.8 Å². The highest BCUT2D eigenvalue weighted by molar-refractivity contribution is 5.80. The molecule has 114 valence electrons. The van der Waals surface area contributed by atoms with Crippen molar-refractivity contribution in [1.29, 1.82) is 0 Å². The fourth-order valence-electron chi connectivity index (χ4n) is 2.18. The first-order chi connectivity index (χ1) is 10.5. The maximum absolute atomic E-state index is 13.3. The molecule has 0 saturated heterocycles. The van der Waals surface area contributed by atoms with Gasteiger partial charge >= 0.3 is 5.97 Å². The molecule has 0 bridgehead atoms. The van der Waals surface area contributed by atoms with Gasteiger partial charge in [0.25, 0.3) is 0 Å². The van der Waals surface area contributed by atoms with E-state index in [2.05, 4.69) is 5.32 Å². The predicted molar refractivity (Wildman–Crippen MR) is 79.7 cm³/mol. The lowest BCUT2D eigenvalue weighted by Gasteiger charge is -2.17. The molecule has 0 heterocycles. The van der Waals surface area contributed by atoms with Crippen molar-refractivity contribution in [2.45, 2.75) is 18.9 Å². The third-order valence-corrected chi connectivity index (χ3v) is 3.17. The van der Waals surface area contributed by atoms with Gasteiger partial charge < -0.3 is 10.4 Å². The van der Waals surface area contributed by atoms with Gasteiger partial charge in [0.2, 0.25) is 5.91 Å². The molecule has 0 aliphatic carbocycles. The minimum atomic E-state index is -1.06. The van der Waals surface area contributed by atoms with Gasteiger partial charge in [0.05, 0.1) is 18.9 Å². The first-order valence-electron chi connectivity index (χ1n) is 6.85. The van der Waals surface area contributed by atoms with E-state index in [-0.39, 0.29) is 18.7 Å². The van der Waals surface area contributed by atoms with Crippen molar-refractivity contribution in [2.75, 3.05) is 0 Å². The van der Waals surface area contributed by atoms with Crippen molar-refractivity contribution in [1.82, 2.24) is 5.32 Å². The zero-order chi connectivity index (χ0) is 15.9. The number of halogens is 1. The molecule has 0 radical (unpaired) electrons. The third-order valence-electron chi connectivity index (χ3n) is 3.17. The second-order valence-corrected chi connectivity index (χ2v) is 4.94. The van der Waals surface area contributed by atoms with Crippen LogP contribution in [-0.4, -0.2) is 17.0 Å². The van der Waals surface area contributed by atoms with Gasteiger partial charge in [0.1, 0.15) is 5.82 Å². The lowest BCUT2D eigenvalue weighted by molar-refractivity contribution is -0.137. The summed E-state index contributed by atoms with van der Waals surface area (Å²) in [6, 6.07) is 14.0. The Morgan fingerprint density at radius 2 is 1.82 bits per heavy atom. The van der Waals surface area contributed by atoms with Gasteiger partial charge in [-0.1, -0.05) is 42.5 Å². The summed E-state index contributed by atoms with van der Waals surface area (Å²) in [5, 5.41) is 11.6. The molecule has 2 N–H and O–H groups in total. The zero-order valence-corrected chi connectivity index (χ0v) is 11.8. The van der Waals surface area contributed by atoms with E-state index in [0.717, 1.165) is 5.56 Å². The zero-order valence-electron chi connectivity index (χ0n) is 11.8. The van der Waals surface area contributed by atoms with Crippen molar-refractivity contribution < 1.29 is 19.1 Å². The SMILES string of the molecule is O=C(O)C[C@@H](NC(=O)Cc1ccccc1)c1cccc(F)c1. The lowest BCUT2D eigenvalue weighted by atomic mass is 10.0. The molecule has 1 amide bonds. The van der Waals surface area contributed by atoms with Crippen LogP contribution in [0.2, 0.25) is 0 Å². The van der Waals surface area contributed by atoms with Gasteiger partial charge in [0.15, 0.2) is 0 Å². The quantitative estimate of drug-likeness (QED) is 0.862. The van der Waals surface area contributed by atoms with Gasteiger partial charge in [0, 0.05) is 0 Å². The van der Waals surface area contributed by atoms with Crippen LogP contribution >= 0.6 is 0 Å². The van der Waals surface area contributed by atoms with Crippen molar-refractivity contribution in [3.8, 4) is 0 Å². The van der Waals surface area contributed by atoms with Crippen LogP contribution in [0, 0.1) is 5.82 Å². The highest BCUT2D eigenvalue weighted by Gasteiger charge is 2.18. The molecule has 5 heteroatoms. The highest BCUT2D eigenvalue weighted by atomic mass is 19.1. The Bertz CT molecular complexity index is 658. The Morgan fingerprint density at radius 1 is 1.09 bits per heavy atom. The average molecular weight is 301 g/mol. The van der Waals surface area contributed by atoms with E-state index in [9.17, 15) is 14.0 Å². The summed E-state index contributed by atoms with van der Waals surface area (Å²) in [6.07, 6.45) is -0.156. The van der Waals surface area contributed by atoms with Gasteiger partial charge in [-0.05, 0) is 23.3 Å². The number of amides is 1. The van der Waals surface area contributed by atoms with Crippen LogP contribution in [0.25, 0.3) is 0 Å². The smallest absolute Gasteiger partial charge is 0.305 e. The number of carbonyl (C=O) groups excluding carboxylic acids is 1. The molecule has 0 aromatic heterocycles. The van der Waals surface area contributed by atoms with Gasteiger partial charge in [-0.25, -0.2) is 4.39 Å². The highest BCUT2D eigenvalue weighted by Crippen LogP contribution is 2.18. The van der Waals surface area contributed by atoms with Crippen LogP contribution in [0.4, 0.5) is 4.39 Å². The topological polar surface area (TPSA) is 66.4 Å². The van der Waals surface area contributed by atoms with Crippen LogP contribution < -0.4 is 5.32 Å². The van der Waals surface area contributed by atoms with Crippen molar-refractivity contribution in [2.24, 2.45) is 0 Å². The average Bonchev–Trinajstić information content (AvgIpc) is 2.47. The number of hydrogen-bond donors (Lipinski definition) is 2. The Labute approximate surface area is 127 Å². The third kappa shape index (κ3) is 4.70. The van der Waals surface area contributed by atoms with E-state index in [4.69, 9.17) is 5.11 Å². The van der Waals surface area contributed by atoms with E-state index in [0.29, 0.717) is 5.56 Å².